The fourth-order valence-electron chi connectivity index (χ4n) is 2.66. The van der Waals surface area contributed by atoms with Crippen LogP contribution in [0.4, 0.5) is 0 Å². The highest BCUT2D eigenvalue weighted by Gasteiger charge is 2.25. The molecule has 0 radical (unpaired) electrons. The Morgan fingerprint density at radius 3 is 2.43 bits per heavy atom. The Hall–Kier alpha value is -1.26. The first kappa shape index (κ1) is 16.1. The molecular weight excluding hydrogens is 288 g/mol. The van der Waals surface area contributed by atoms with Gasteiger partial charge in [-0.15, -0.1) is 0 Å². The van der Waals surface area contributed by atoms with E-state index in [-0.39, 0.29) is 5.91 Å². The first-order valence-electron chi connectivity index (χ1n) is 7.48. The number of carbonyl (C=O) groups excluding carboxylic acids is 1. The molecule has 21 heavy (non-hydrogen) atoms. The van der Waals surface area contributed by atoms with Crippen molar-refractivity contribution in [1.29, 1.82) is 0 Å². The first-order chi connectivity index (χ1) is 10.1. The Kier molecular flexibility index (Phi) is 5.48. The summed E-state index contributed by atoms with van der Waals surface area (Å²) in [5.41, 5.74) is 1.63. The van der Waals surface area contributed by atoms with Crippen LogP contribution in [0.2, 0.25) is 5.02 Å². The molecule has 1 aromatic carbocycles. The van der Waals surface area contributed by atoms with E-state index in [9.17, 15) is 4.79 Å². The second-order valence-corrected chi connectivity index (χ2v) is 5.65. The van der Waals surface area contributed by atoms with Crippen LogP contribution in [0, 0.1) is 0 Å². The second-order valence-electron chi connectivity index (χ2n) is 5.24. The lowest BCUT2D eigenvalue weighted by Crippen LogP contribution is -2.48. The van der Waals surface area contributed by atoms with Crippen molar-refractivity contribution in [2.75, 3.05) is 39.8 Å². The van der Waals surface area contributed by atoms with E-state index >= 15 is 0 Å². The van der Waals surface area contributed by atoms with Gasteiger partial charge in [-0.1, -0.05) is 25.4 Å². The van der Waals surface area contributed by atoms with E-state index in [0.29, 0.717) is 16.3 Å². The number of halogens is 1. The summed E-state index contributed by atoms with van der Waals surface area (Å²) in [6, 6.07) is 3.77. The van der Waals surface area contributed by atoms with Crippen molar-refractivity contribution < 1.29 is 9.53 Å². The van der Waals surface area contributed by atoms with E-state index in [1.165, 1.54) is 0 Å². The highest BCUT2D eigenvalue weighted by atomic mass is 35.5. The molecule has 1 aromatic rings. The molecule has 1 aliphatic heterocycles. The average Bonchev–Trinajstić information content (AvgIpc) is 2.53. The summed E-state index contributed by atoms with van der Waals surface area (Å²) in [5, 5.41) is 0.507. The molecule has 0 N–H and O–H groups in total. The normalized spacial score (nSPS) is 16.1. The van der Waals surface area contributed by atoms with Gasteiger partial charge in [-0.25, -0.2) is 0 Å². The number of amides is 1. The molecule has 5 heteroatoms. The zero-order valence-electron chi connectivity index (χ0n) is 13.0. The van der Waals surface area contributed by atoms with Crippen LogP contribution in [0.1, 0.15) is 29.8 Å². The molecule has 1 saturated heterocycles. The quantitative estimate of drug-likeness (QED) is 0.857. The summed E-state index contributed by atoms with van der Waals surface area (Å²) < 4.78 is 5.34. The van der Waals surface area contributed by atoms with Crippen LogP contribution >= 0.6 is 11.6 Å². The summed E-state index contributed by atoms with van der Waals surface area (Å²) in [5.74, 6) is 0.497. The van der Waals surface area contributed by atoms with Gasteiger partial charge >= 0.3 is 0 Å². The number of hydrogen-bond acceptors (Lipinski definition) is 3. The van der Waals surface area contributed by atoms with Crippen molar-refractivity contribution >= 4 is 17.5 Å². The number of aryl methyl sites for hydroxylation is 1. The minimum atomic E-state index is 0.0137. The molecule has 0 unspecified atom stereocenters. The summed E-state index contributed by atoms with van der Waals surface area (Å²) in [6.45, 7) is 8.57. The van der Waals surface area contributed by atoms with E-state index in [4.69, 9.17) is 16.3 Å². The fraction of sp³-hybridized carbons (Fsp3) is 0.562. The Labute approximate surface area is 131 Å². The highest BCUT2D eigenvalue weighted by Crippen LogP contribution is 2.31. The van der Waals surface area contributed by atoms with E-state index < -0.39 is 0 Å². The Bertz CT molecular complexity index is 511. The van der Waals surface area contributed by atoms with E-state index in [1.54, 1.807) is 7.11 Å². The fourth-order valence-corrected chi connectivity index (χ4v) is 2.98. The number of nitrogens with zero attached hydrogens (tertiary/aromatic N) is 2. The standard InChI is InChI=1S/C16H23ClN2O2/c1-4-12-10-13(15(21-3)14(17)11-12)16(20)19-8-6-18(5-2)7-9-19/h10-11H,4-9H2,1-3H3. The lowest BCUT2D eigenvalue weighted by molar-refractivity contribution is 0.0640. The number of methoxy groups -OCH3 is 1. The molecule has 116 valence electrons. The summed E-state index contributed by atoms with van der Waals surface area (Å²) >= 11 is 6.24. The maximum absolute atomic E-state index is 12.8. The monoisotopic (exact) mass is 310 g/mol. The van der Waals surface area contributed by atoms with Crippen molar-refractivity contribution in [3.63, 3.8) is 0 Å². The molecule has 0 bridgehead atoms. The SMILES string of the molecule is CCc1cc(Cl)c(OC)c(C(=O)N2CCN(CC)CC2)c1. The number of likely N-dealkylation sites (N-methyl/N-ethyl adjacent to an activating group) is 1. The highest BCUT2D eigenvalue weighted by molar-refractivity contribution is 6.32. The van der Waals surface area contributed by atoms with E-state index in [0.717, 1.165) is 44.7 Å². The van der Waals surface area contributed by atoms with Gasteiger partial charge in [-0.2, -0.15) is 0 Å². The van der Waals surface area contributed by atoms with Crippen molar-refractivity contribution in [2.45, 2.75) is 20.3 Å². The van der Waals surface area contributed by atoms with E-state index in [1.807, 2.05) is 24.0 Å². The number of piperazine rings is 1. The van der Waals surface area contributed by atoms with Gasteiger partial charge in [-0.3, -0.25) is 4.79 Å². The predicted octanol–water partition coefficient (Wildman–Crippen LogP) is 2.69. The Morgan fingerprint density at radius 2 is 1.90 bits per heavy atom. The molecule has 0 spiro atoms. The first-order valence-corrected chi connectivity index (χ1v) is 7.86. The number of ether oxygens (including phenoxy) is 1. The van der Waals surface area contributed by atoms with Crippen molar-refractivity contribution in [3.8, 4) is 5.75 Å². The molecule has 0 atom stereocenters. The molecule has 0 saturated carbocycles. The number of hydrogen-bond donors (Lipinski definition) is 0. The van der Waals surface area contributed by atoms with Crippen LogP contribution < -0.4 is 4.74 Å². The minimum absolute atomic E-state index is 0.0137. The summed E-state index contributed by atoms with van der Waals surface area (Å²) in [6.07, 6.45) is 0.841. The molecular formula is C16H23ClN2O2. The predicted molar refractivity (Wildman–Crippen MR) is 85.4 cm³/mol. The maximum atomic E-state index is 12.8. The largest absolute Gasteiger partial charge is 0.494 e. The number of carbonyl (C=O) groups is 1. The van der Waals surface area contributed by atoms with Crippen LogP contribution in [-0.2, 0) is 6.42 Å². The van der Waals surface area contributed by atoms with Gasteiger partial charge in [0.1, 0.15) is 5.75 Å². The zero-order valence-corrected chi connectivity index (χ0v) is 13.7. The molecule has 4 nitrogen and oxygen atoms in total. The topological polar surface area (TPSA) is 32.8 Å². The third-order valence-corrected chi connectivity index (χ3v) is 4.33. The number of rotatable bonds is 4. The lowest BCUT2D eigenvalue weighted by Gasteiger charge is -2.34. The Morgan fingerprint density at radius 1 is 1.24 bits per heavy atom. The van der Waals surface area contributed by atoms with Gasteiger partial charge in [0.2, 0.25) is 0 Å². The molecule has 2 rings (SSSR count). The third kappa shape index (κ3) is 3.50. The van der Waals surface area contributed by atoms with Gasteiger partial charge in [0, 0.05) is 26.2 Å². The van der Waals surface area contributed by atoms with Crippen LogP contribution in [0.5, 0.6) is 5.75 Å². The molecule has 1 heterocycles. The van der Waals surface area contributed by atoms with Crippen LogP contribution in [-0.4, -0.2) is 55.5 Å². The maximum Gasteiger partial charge on any atom is 0.257 e. The molecule has 0 aromatic heterocycles. The molecule has 1 fully saturated rings. The van der Waals surface area contributed by atoms with Gasteiger partial charge in [0.05, 0.1) is 17.7 Å². The summed E-state index contributed by atoms with van der Waals surface area (Å²) in [7, 11) is 1.55. The average molecular weight is 311 g/mol. The van der Waals surface area contributed by atoms with Gasteiger partial charge in [0.25, 0.3) is 5.91 Å². The van der Waals surface area contributed by atoms with Crippen LogP contribution in [0.3, 0.4) is 0 Å². The molecule has 1 aliphatic rings. The lowest BCUT2D eigenvalue weighted by atomic mass is 10.1. The third-order valence-electron chi connectivity index (χ3n) is 4.05. The second kappa shape index (κ2) is 7.14. The van der Waals surface area contributed by atoms with Gasteiger partial charge in [-0.05, 0) is 30.7 Å². The number of benzene rings is 1. The molecule has 0 aliphatic carbocycles. The molecule has 1 amide bonds. The Balaban J connectivity index is 2.24. The van der Waals surface area contributed by atoms with Crippen molar-refractivity contribution in [2.24, 2.45) is 0 Å². The smallest absolute Gasteiger partial charge is 0.257 e. The van der Waals surface area contributed by atoms with E-state index in [2.05, 4.69) is 11.8 Å². The van der Waals surface area contributed by atoms with Crippen molar-refractivity contribution in [1.82, 2.24) is 9.80 Å². The van der Waals surface area contributed by atoms with Crippen LogP contribution in [0.25, 0.3) is 0 Å². The van der Waals surface area contributed by atoms with Crippen molar-refractivity contribution in [3.05, 3.63) is 28.3 Å². The zero-order chi connectivity index (χ0) is 15.4. The van der Waals surface area contributed by atoms with Crippen LogP contribution in [0.15, 0.2) is 12.1 Å². The van der Waals surface area contributed by atoms with Gasteiger partial charge < -0.3 is 14.5 Å². The van der Waals surface area contributed by atoms with Gasteiger partial charge in [0.15, 0.2) is 0 Å². The minimum Gasteiger partial charge on any atom is -0.494 e. The summed E-state index contributed by atoms with van der Waals surface area (Å²) in [4.78, 5) is 17.0.